The second-order valence-corrected chi connectivity index (χ2v) is 4.91. The molecule has 0 spiro atoms. The molecule has 1 amide bonds. The number of amides is 1. The van der Waals surface area contributed by atoms with Crippen molar-refractivity contribution in [3.05, 3.63) is 33.8 Å². The summed E-state index contributed by atoms with van der Waals surface area (Å²) >= 11 is 2.76. The van der Waals surface area contributed by atoms with Gasteiger partial charge in [-0.15, -0.1) is 0 Å². The average molecular weight is 320 g/mol. The molecule has 0 unspecified atom stereocenters. The van der Waals surface area contributed by atoms with E-state index >= 15 is 0 Å². The van der Waals surface area contributed by atoms with Gasteiger partial charge in [0.1, 0.15) is 11.6 Å². The summed E-state index contributed by atoms with van der Waals surface area (Å²) in [5, 5.41) is 2.74. The first-order chi connectivity index (χ1) is 8.58. The zero-order chi connectivity index (χ0) is 13.1. The van der Waals surface area contributed by atoms with Crippen molar-refractivity contribution >= 4 is 21.8 Å². The first kappa shape index (κ1) is 13.4. The Balaban J connectivity index is 2.08. The van der Waals surface area contributed by atoms with E-state index in [0.717, 1.165) is 12.1 Å². The van der Waals surface area contributed by atoms with Gasteiger partial charge in [0.15, 0.2) is 0 Å². The zero-order valence-corrected chi connectivity index (χ0v) is 11.1. The van der Waals surface area contributed by atoms with Crippen LogP contribution in [0.1, 0.15) is 23.2 Å². The Kier molecular flexibility index (Phi) is 4.29. The highest BCUT2D eigenvalue weighted by Gasteiger charge is 2.19. The number of hydrogen-bond donors (Lipinski definition) is 1. The lowest BCUT2D eigenvalue weighted by molar-refractivity contribution is 0.0696. The summed E-state index contributed by atoms with van der Waals surface area (Å²) in [5.74, 6) is -2.04. The Morgan fingerprint density at radius 2 is 1.83 bits per heavy atom. The fourth-order valence-electron chi connectivity index (χ4n) is 1.80. The van der Waals surface area contributed by atoms with E-state index in [1.165, 1.54) is 0 Å². The van der Waals surface area contributed by atoms with E-state index in [1.807, 2.05) is 0 Å². The van der Waals surface area contributed by atoms with Crippen LogP contribution in [-0.4, -0.2) is 25.2 Å². The molecule has 0 aliphatic carbocycles. The van der Waals surface area contributed by atoms with Crippen molar-refractivity contribution < 1.29 is 18.3 Å². The van der Waals surface area contributed by atoms with Crippen molar-refractivity contribution in [3.63, 3.8) is 0 Å². The Morgan fingerprint density at radius 1 is 1.28 bits per heavy atom. The Labute approximate surface area is 112 Å². The fraction of sp³-hybridized carbons (Fsp3) is 0.417. The molecule has 1 aromatic rings. The van der Waals surface area contributed by atoms with Gasteiger partial charge in [0.2, 0.25) is 0 Å². The smallest absolute Gasteiger partial charge is 0.251 e. The van der Waals surface area contributed by atoms with Crippen LogP contribution in [-0.2, 0) is 4.74 Å². The largest absolute Gasteiger partial charge is 0.381 e. The summed E-state index contributed by atoms with van der Waals surface area (Å²) in [6.45, 7) is 1.18. The van der Waals surface area contributed by atoms with Gasteiger partial charge in [-0.3, -0.25) is 4.79 Å². The van der Waals surface area contributed by atoms with Crippen LogP contribution in [0.4, 0.5) is 8.78 Å². The van der Waals surface area contributed by atoms with E-state index in [4.69, 9.17) is 4.74 Å². The van der Waals surface area contributed by atoms with Crippen molar-refractivity contribution in [2.75, 3.05) is 13.2 Å². The van der Waals surface area contributed by atoms with Gasteiger partial charge in [0.25, 0.3) is 5.91 Å². The van der Waals surface area contributed by atoms with Crippen LogP contribution in [0, 0.1) is 11.6 Å². The molecule has 0 saturated carbocycles. The lowest BCUT2D eigenvalue weighted by Crippen LogP contribution is -2.38. The maximum atomic E-state index is 13.3. The van der Waals surface area contributed by atoms with E-state index < -0.39 is 17.5 Å². The summed E-state index contributed by atoms with van der Waals surface area (Å²) in [4.78, 5) is 11.8. The summed E-state index contributed by atoms with van der Waals surface area (Å²) in [6.07, 6.45) is 1.43. The summed E-state index contributed by atoms with van der Waals surface area (Å²) < 4.78 is 31.5. The molecule has 18 heavy (non-hydrogen) atoms. The van der Waals surface area contributed by atoms with Crippen LogP contribution in [0.3, 0.4) is 0 Å². The van der Waals surface area contributed by atoms with Crippen LogP contribution in [0.5, 0.6) is 0 Å². The van der Waals surface area contributed by atoms with Crippen LogP contribution in [0.15, 0.2) is 16.6 Å². The predicted octanol–water partition coefficient (Wildman–Crippen LogP) is 2.64. The summed E-state index contributed by atoms with van der Waals surface area (Å²) in [6, 6.07) is 2.03. The van der Waals surface area contributed by atoms with Gasteiger partial charge < -0.3 is 10.1 Å². The molecular formula is C12H12BrF2NO2. The summed E-state index contributed by atoms with van der Waals surface area (Å²) in [7, 11) is 0. The minimum absolute atomic E-state index is 0.000944. The third kappa shape index (κ3) is 3.05. The second-order valence-electron chi connectivity index (χ2n) is 4.11. The van der Waals surface area contributed by atoms with Crippen molar-refractivity contribution in [1.82, 2.24) is 5.32 Å². The number of halogens is 3. The minimum atomic E-state index is -0.785. The molecule has 1 fully saturated rings. The molecule has 1 heterocycles. The maximum absolute atomic E-state index is 13.3. The van der Waals surface area contributed by atoms with Crippen LogP contribution in [0.2, 0.25) is 0 Å². The van der Waals surface area contributed by atoms with Gasteiger partial charge in [-0.25, -0.2) is 8.78 Å². The van der Waals surface area contributed by atoms with Gasteiger partial charge in [-0.05, 0) is 40.9 Å². The van der Waals surface area contributed by atoms with Crippen molar-refractivity contribution in [3.8, 4) is 0 Å². The normalized spacial score (nSPS) is 16.6. The second kappa shape index (κ2) is 5.75. The highest BCUT2D eigenvalue weighted by atomic mass is 79.9. The molecule has 1 aliphatic rings. The fourth-order valence-corrected chi connectivity index (χ4v) is 2.03. The molecule has 6 heteroatoms. The summed E-state index contributed by atoms with van der Waals surface area (Å²) in [5.41, 5.74) is -0.0142. The van der Waals surface area contributed by atoms with E-state index in [1.54, 1.807) is 0 Å². The van der Waals surface area contributed by atoms with Crippen molar-refractivity contribution in [1.29, 1.82) is 0 Å². The van der Waals surface area contributed by atoms with Crippen molar-refractivity contribution in [2.45, 2.75) is 18.9 Å². The van der Waals surface area contributed by atoms with Gasteiger partial charge in [-0.2, -0.15) is 0 Å². The molecule has 1 saturated heterocycles. The highest BCUT2D eigenvalue weighted by Crippen LogP contribution is 2.21. The molecule has 3 nitrogen and oxygen atoms in total. The Bertz CT molecular complexity index is 438. The van der Waals surface area contributed by atoms with Gasteiger partial charge >= 0.3 is 0 Å². The number of rotatable bonds is 2. The molecule has 98 valence electrons. The predicted molar refractivity (Wildman–Crippen MR) is 65.4 cm³/mol. The van der Waals surface area contributed by atoms with Crippen molar-refractivity contribution in [2.24, 2.45) is 0 Å². The third-order valence-corrected chi connectivity index (χ3v) is 3.56. The Morgan fingerprint density at radius 3 is 2.39 bits per heavy atom. The van der Waals surface area contributed by atoms with Gasteiger partial charge in [-0.1, -0.05) is 0 Å². The lowest BCUT2D eigenvalue weighted by atomic mass is 10.1. The molecule has 1 N–H and O–H groups in total. The first-order valence-electron chi connectivity index (χ1n) is 5.61. The van der Waals surface area contributed by atoms with Gasteiger partial charge in [0.05, 0.1) is 4.47 Å². The maximum Gasteiger partial charge on any atom is 0.251 e. The zero-order valence-electron chi connectivity index (χ0n) is 9.51. The molecule has 1 aliphatic heterocycles. The number of carbonyl (C=O) groups excluding carboxylic acids is 1. The molecule has 0 aromatic heterocycles. The number of carbonyl (C=O) groups is 1. The molecule has 2 rings (SSSR count). The van der Waals surface area contributed by atoms with Crippen LogP contribution >= 0.6 is 15.9 Å². The van der Waals surface area contributed by atoms with E-state index in [2.05, 4.69) is 21.2 Å². The molecule has 0 bridgehead atoms. The van der Waals surface area contributed by atoms with Gasteiger partial charge in [0, 0.05) is 24.8 Å². The number of benzene rings is 1. The van der Waals surface area contributed by atoms with Crippen LogP contribution in [0.25, 0.3) is 0 Å². The van der Waals surface area contributed by atoms with Crippen LogP contribution < -0.4 is 5.32 Å². The molecule has 0 radical (unpaired) electrons. The first-order valence-corrected chi connectivity index (χ1v) is 6.40. The molecule has 1 aromatic carbocycles. The monoisotopic (exact) mass is 319 g/mol. The van der Waals surface area contributed by atoms with E-state index in [9.17, 15) is 13.6 Å². The highest BCUT2D eigenvalue weighted by molar-refractivity contribution is 9.10. The van der Waals surface area contributed by atoms with E-state index in [0.29, 0.717) is 26.1 Å². The number of nitrogens with one attached hydrogen (secondary N) is 1. The Hall–Kier alpha value is -1.01. The molecular weight excluding hydrogens is 308 g/mol. The average Bonchev–Trinajstić information content (AvgIpc) is 2.36. The molecule has 0 atom stereocenters. The number of ether oxygens (including phenoxy) is 1. The quantitative estimate of drug-likeness (QED) is 0.851. The lowest BCUT2D eigenvalue weighted by Gasteiger charge is -2.23. The SMILES string of the molecule is O=C(NC1CCOCC1)c1cc(F)c(Br)c(F)c1. The topological polar surface area (TPSA) is 38.3 Å². The third-order valence-electron chi connectivity index (χ3n) is 2.80. The standard InChI is InChI=1S/C12H12BrF2NO2/c13-11-9(14)5-7(6-10(11)15)12(17)16-8-1-3-18-4-2-8/h5-6,8H,1-4H2,(H,16,17). The van der Waals surface area contributed by atoms with E-state index in [-0.39, 0.29) is 16.1 Å². The minimum Gasteiger partial charge on any atom is -0.381 e. The number of hydrogen-bond acceptors (Lipinski definition) is 2.